The van der Waals surface area contributed by atoms with Crippen molar-refractivity contribution in [2.45, 2.75) is 0 Å². The predicted octanol–water partition coefficient (Wildman–Crippen LogP) is 8.88. The second-order valence-corrected chi connectivity index (χ2v) is 8.84. The van der Waals surface area contributed by atoms with Crippen molar-refractivity contribution in [3.8, 4) is 27.9 Å². The second kappa shape index (κ2) is 7.81. The zero-order valence-corrected chi connectivity index (χ0v) is 19.0. The van der Waals surface area contributed by atoms with Crippen LogP contribution in [0.3, 0.4) is 0 Å². The van der Waals surface area contributed by atoms with E-state index < -0.39 is 0 Å². The molecule has 1 heterocycles. The van der Waals surface area contributed by atoms with Gasteiger partial charge in [0.15, 0.2) is 0 Å². The predicted molar refractivity (Wildman–Crippen MR) is 139 cm³/mol. The van der Waals surface area contributed by atoms with E-state index in [1.807, 2.05) is 6.07 Å². The molecule has 2 heteroatoms. The maximum atomic E-state index is 3.84. The van der Waals surface area contributed by atoms with Crippen LogP contribution in [0.4, 0.5) is 0 Å². The molecule has 0 unspecified atom stereocenters. The van der Waals surface area contributed by atoms with Crippen molar-refractivity contribution in [3.63, 3.8) is 0 Å². The highest BCUT2D eigenvalue weighted by Crippen LogP contribution is 2.37. The number of nitrogens with zero attached hydrogens (tertiary/aromatic N) is 1. The van der Waals surface area contributed by atoms with Crippen LogP contribution < -0.4 is 0 Å². The van der Waals surface area contributed by atoms with Crippen LogP contribution in [0.25, 0.3) is 49.7 Å². The van der Waals surface area contributed by atoms with Crippen molar-refractivity contribution >= 4 is 37.7 Å². The molecule has 1 aromatic heterocycles. The van der Waals surface area contributed by atoms with Crippen LogP contribution in [-0.4, -0.2) is 4.57 Å². The summed E-state index contributed by atoms with van der Waals surface area (Å²) in [5.74, 6) is 0. The topological polar surface area (TPSA) is 4.93 Å². The first-order valence-corrected chi connectivity index (χ1v) is 11.5. The average Bonchev–Trinajstić information content (AvgIpc) is 3.19. The fourth-order valence-electron chi connectivity index (χ4n) is 4.55. The summed E-state index contributed by atoms with van der Waals surface area (Å²) >= 11 is 3.84. The zero-order valence-electron chi connectivity index (χ0n) is 17.4. The molecule has 0 radical (unpaired) electrons. The van der Waals surface area contributed by atoms with E-state index in [2.05, 4.69) is 136 Å². The first kappa shape index (κ1) is 19.1. The number of hydrogen-bond donors (Lipinski definition) is 0. The summed E-state index contributed by atoms with van der Waals surface area (Å²) < 4.78 is 3.46. The average molecular weight is 474 g/mol. The van der Waals surface area contributed by atoms with E-state index in [-0.39, 0.29) is 0 Å². The molecular formula is C30H20BrN. The maximum Gasteiger partial charge on any atom is 0.0547 e. The van der Waals surface area contributed by atoms with Crippen molar-refractivity contribution in [1.29, 1.82) is 0 Å². The van der Waals surface area contributed by atoms with Gasteiger partial charge in [0.05, 0.1) is 11.0 Å². The van der Waals surface area contributed by atoms with Gasteiger partial charge in [-0.25, -0.2) is 0 Å². The van der Waals surface area contributed by atoms with Gasteiger partial charge in [-0.2, -0.15) is 0 Å². The van der Waals surface area contributed by atoms with Crippen molar-refractivity contribution in [2.75, 3.05) is 0 Å². The van der Waals surface area contributed by atoms with Crippen molar-refractivity contribution in [2.24, 2.45) is 0 Å². The lowest BCUT2D eigenvalue weighted by atomic mass is 9.99. The Balaban J connectivity index is 1.55. The van der Waals surface area contributed by atoms with Crippen LogP contribution in [0, 0.1) is 0 Å². The minimum Gasteiger partial charge on any atom is -0.309 e. The van der Waals surface area contributed by atoms with Gasteiger partial charge in [-0.1, -0.05) is 107 Å². The van der Waals surface area contributed by atoms with Gasteiger partial charge in [-0.15, -0.1) is 0 Å². The largest absolute Gasteiger partial charge is 0.309 e. The molecule has 0 aliphatic carbocycles. The van der Waals surface area contributed by atoms with Crippen LogP contribution in [0.1, 0.15) is 0 Å². The number of hydrogen-bond acceptors (Lipinski definition) is 0. The second-order valence-electron chi connectivity index (χ2n) is 7.98. The smallest absolute Gasteiger partial charge is 0.0547 e. The van der Waals surface area contributed by atoms with Gasteiger partial charge < -0.3 is 4.57 Å². The van der Waals surface area contributed by atoms with E-state index in [1.165, 1.54) is 49.7 Å². The monoisotopic (exact) mass is 473 g/mol. The standard InChI is InChI=1S/C30H20BrN/c31-28-19-22(21-9-3-1-4-10-21)15-17-25(28)23-16-18-27-26-13-7-8-14-29(26)32(30(27)20-23)24-11-5-2-6-12-24/h1-20H. The van der Waals surface area contributed by atoms with Gasteiger partial charge in [-0.05, 0) is 52.6 Å². The van der Waals surface area contributed by atoms with Crippen molar-refractivity contribution in [3.05, 3.63) is 126 Å². The molecule has 0 bridgehead atoms. The molecule has 0 saturated carbocycles. The first-order valence-electron chi connectivity index (χ1n) is 10.7. The Hall–Kier alpha value is -3.62. The quantitative estimate of drug-likeness (QED) is 0.241. The Morgan fingerprint density at radius 1 is 0.469 bits per heavy atom. The van der Waals surface area contributed by atoms with E-state index in [0.717, 1.165) is 4.47 Å². The zero-order chi connectivity index (χ0) is 21.5. The molecule has 1 nitrogen and oxygen atoms in total. The van der Waals surface area contributed by atoms with E-state index in [9.17, 15) is 0 Å². The number of fused-ring (bicyclic) bond motifs is 3. The molecular weight excluding hydrogens is 454 g/mol. The molecule has 0 amide bonds. The fourth-order valence-corrected chi connectivity index (χ4v) is 5.16. The lowest BCUT2D eigenvalue weighted by molar-refractivity contribution is 1.18. The summed E-state index contributed by atoms with van der Waals surface area (Å²) in [6.07, 6.45) is 0. The summed E-state index contributed by atoms with van der Waals surface area (Å²) in [5, 5.41) is 2.54. The highest BCUT2D eigenvalue weighted by atomic mass is 79.9. The van der Waals surface area contributed by atoms with E-state index in [1.54, 1.807) is 0 Å². The summed E-state index contributed by atoms with van der Waals surface area (Å²) in [6.45, 7) is 0. The van der Waals surface area contributed by atoms with Crippen LogP contribution in [0.5, 0.6) is 0 Å². The Bertz CT molecular complexity index is 1560. The Morgan fingerprint density at radius 3 is 1.91 bits per heavy atom. The number of halogens is 1. The van der Waals surface area contributed by atoms with Gasteiger partial charge in [0.1, 0.15) is 0 Å². The van der Waals surface area contributed by atoms with Gasteiger partial charge in [0.25, 0.3) is 0 Å². The maximum absolute atomic E-state index is 3.84. The third-order valence-corrected chi connectivity index (χ3v) is 6.73. The SMILES string of the molecule is Brc1cc(-c2ccccc2)ccc1-c1ccc2c3ccccc3n(-c3ccccc3)c2c1. The molecule has 6 rings (SSSR count). The highest BCUT2D eigenvalue weighted by molar-refractivity contribution is 9.10. The van der Waals surface area contributed by atoms with E-state index >= 15 is 0 Å². The molecule has 0 fully saturated rings. The van der Waals surface area contributed by atoms with Crippen molar-refractivity contribution < 1.29 is 0 Å². The number of rotatable bonds is 3. The number of para-hydroxylation sites is 2. The lowest BCUT2D eigenvalue weighted by Crippen LogP contribution is -1.93. The lowest BCUT2D eigenvalue weighted by Gasteiger charge is -2.11. The number of benzene rings is 5. The van der Waals surface area contributed by atoms with E-state index in [0.29, 0.717) is 0 Å². The molecule has 32 heavy (non-hydrogen) atoms. The minimum atomic E-state index is 1.10. The molecule has 0 aliphatic heterocycles. The van der Waals surface area contributed by atoms with Gasteiger partial charge in [-0.3, -0.25) is 0 Å². The molecule has 0 N–H and O–H groups in total. The third-order valence-electron chi connectivity index (χ3n) is 6.08. The number of aromatic nitrogens is 1. The van der Waals surface area contributed by atoms with Crippen molar-refractivity contribution in [1.82, 2.24) is 4.57 Å². The summed E-state index contributed by atoms with van der Waals surface area (Å²) in [4.78, 5) is 0. The molecule has 0 aliphatic rings. The molecule has 0 spiro atoms. The fraction of sp³-hybridized carbons (Fsp3) is 0. The van der Waals surface area contributed by atoms with Crippen LogP contribution in [0.2, 0.25) is 0 Å². The Labute approximate surface area is 195 Å². The van der Waals surface area contributed by atoms with Gasteiger partial charge >= 0.3 is 0 Å². The summed E-state index contributed by atoms with van der Waals surface area (Å²) in [6, 6.07) is 43.1. The third kappa shape index (κ3) is 3.16. The van der Waals surface area contributed by atoms with Crippen LogP contribution in [-0.2, 0) is 0 Å². The van der Waals surface area contributed by atoms with Gasteiger partial charge in [0.2, 0.25) is 0 Å². The molecule has 6 aromatic rings. The molecule has 0 atom stereocenters. The van der Waals surface area contributed by atoms with E-state index in [4.69, 9.17) is 0 Å². The molecule has 152 valence electrons. The molecule has 5 aromatic carbocycles. The Kier molecular flexibility index (Phi) is 4.66. The van der Waals surface area contributed by atoms with Crippen LogP contribution in [0.15, 0.2) is 126 Å². The summed E-state index contributed by atoms with van der Waals surface area (Å²) in [7, 11) is 0. The summed E-state index contributed by atoms with van der Waals surface area (Å²) in [5.41, 5.74) is 8.44. The minimum absolute atomic E-state index is 1.10. The first-order chi connectivity index (χ1) is 15.8. The normalized spacial score (nSPS) is 11.3. The highest BCUT2D eigenvalue weighted by Gasteiger charge is 2.14. The Morgan fingerprint density at radius 2 is 1.12 bits per heavy atom. The molecule has 0 saturated heterocycles. The van der Waals surface area contributed by atoms with Crippen LogP contribution >= 0.6 is 15.9 Å². The van der Waals surface area contributed by atoms with Gasteiger partial charge in [0, 0.05) is 20.9 Å².